The second-order valence-electron chi connectivity index (χ2n) is 8.28. The minimum atomic E-state index is -1.87. The van der Waals surface area contributed by atoms with Gasteiger partial charge in [-0.05, 0) is 5.56 Å². The molecule has 37 heavy (non-hydrogen) atoms. The molecule has 2 N–H and O–H groups in total. The first-order valence-corrected chi connectivity index (χ1v) is 11.1. The van der Waals surface area contributed by atoms with Gasteiger partial charge in [0.1, 0.15) is 12.6 Å². The molecule has 1 fully saturated rings. The van der Waals surface area contributed by atoms with E-state index in [2.05, 4.69) is 10.1 Å². The molecule has 3 rings (SSSR count). The largest absolute Gasteiger partial charge is 0.481 e. The van der Waals surface area contributed by atoms with E-state index in [-0.39, 0.29) is 25.1 Å². The fraction of sp³-hybridized carbons (Fsp3) is 0.333. The predicted molar refractivity (Wildman–Crippen MR) is 119 cm³/mol. The number of piperazine rings is 1. The summed E-state index contributed by atoms with van der Waals surface area (Å²) < 4.78 is 58.7. The minimum Gasteiger partial charge on any atom is -0.481 e. The maximum absolute atomic E-state index is 13.7. The Balaban J connectivity index is 1.55. The van der Waals surface area contributed by atoms with Gasteiger partial charge in [-0.1, -0.05) is 30.3 Å². The van der Waals surface area contributed by atoms with Crippen molar-refractivity contribution < 1.29 is 46.6 Å². The van der Waals surface area contributed by atoms with Crippen LogP contribution in [-0.2, 0) is 25.7 Å². The maximum Gasteiger partial charge on any atom is 0.305 e. The first-order valence-electron chi connectivity index (χ1n) is 11.1. The third-order valence-electron chi connectivity index (χ3n) is 5.51. The van der Waals surface area contributed by atoms with E-state index >= 15 is 0 Å². The van der Waals surface area contributed by atoms with Crippen LogP contribution in [0.4, 0.5) is 17.6 Å². The summed E-state index contributed by atoms with van der Waals surface area (Å²) >= 11 is 0. The van der Waals surface area contributed by atoms with Gasteiger partial charge < -0.3 is 20.1 Å². The average molecular weight is 525 g/mol. The number of carboxylic acid groups (broad SMARTS) is 1. The molecule has 0 bridgehead atoms. The SMILES string of the molecule is O=C(O)C[C@H](NC(=O)CN1CCN(Cc2ccccc2)C(=O)C1)C(=O)COc1c(F)c(F)cc(F)c1F. The number of Topliss-reactive ketones (excluding diaryl/α,β-unsaturated/α-hetero) is 1. The Labute approximate surface area is 208 Å². The lowest BCUT2D eigenvalue weighted by Gasteiger charge is -2.34. The van der Waals surface area contributed by atoms with Crippen LogP contribution in [0.5, 0.6) is 5.75 Å². The number of halogens is 4. The zero-order valence-corrected chi connectivity index (χ0v) is 19.4. The second-order valence-corrected chi connectivity index (χ2v) is 8.28. The highest BCUT2D eigenvalue weighted by Gasteiger charge is 2.29. The van der Waals surface area contributed by atoms with Crippen LogP contribution in [0.1, 0.15) is 12.0 Å². The molecule has 198 valence electrons. The Morgan fingerprint density at radius 1 is 1.03 bits per heavy atom. The van der Waals surface area contributed by atoms with Crippen LogP contribution >= 0.6 is 0 Å². The zero-order chi connectivity index (χ0) is 27.1. The standard InChI is InChI=1S/C24H23F4N3O6/c25-15-8-16(26)23(28)24(22(15)27)37-13-18(32)17(9-21(35)36)29-19(33)11-30-6-7-31(20(34)12-30)10-14-4-2-1-3-5-14/h1-5,8,17H,6-7,9-13H2,(H,29,33)(H,35,36)/t17-/m0/s1. The van der Waals surface area contributed by atoms with Crippen LogP contribution < -0.4 is 10.1 Å². The summed E-state index contributed by atoms with van der Waals surface area (Å²) in [4.78, 5) is 51.7. The van der Waals surface area contributed by atoms with Crippen LogP contribution in [0.2, 0.25) is 0 Å². The van der Waals surface area contributed by atoms with E-state index in [1.165, 1.54) is 4.90 Å². The Hall–Kier alpha value is -4.00. The van der Waals surface area contributed by atoms with Crippen LogP contribution in [0, 0.1) is 23.3 Å². The molecule has 0 unspecified atom stereocenters. The number of rotatable bonds is 11. The van der Waals surface area contributed by atoms with Crippen LogP contribution in [0.15, 0.2) is 36.4 Å². The van der Waals surface area contributed by atoms with Gasteiger partial charge in [0.25, 0.3) is 0 Å². The van der Waals surface area contributed by atoms with E-state index in [1.807, 2.05) is 30.3 Å². The van der Waals surface area contributed by atoms with Gasteiger partial charge in [-0.3, -0.25) is 24.1 Å². The zero-order valence-electron chi connectivity index (χ0n) is 19.4. The quantitative estimate of drug-likeness (QED) is 0.337. The molecule has 1 saturated heterocycles. The van der Waals surface area contributed by atoms with Crippen molar-refractivity contribution in [1.29, 1.82) is 0 Å². The lowest BCUT2D eigenvalue weighted by atomic mass is 10.1. The normalized spacial score (nSPS) is 14.8. The van der Waals surface area contributed by atoms with Crippen LogP contribution in [0.3, 0.4) is 0 Å². The highest BCUT2D eigenvalue weighted by Crippen LogP contribution is 2.26. The molecule has 2 aromatic rings. The van der Waals surface area contributed by atoms with Gasteiger partial charge in [-0.15, -0.1) is 0 Å². The van der Waals surface area contributed by atoms with Crippen molar-refractivity contribution in [3.8, 4) is 5.75 Å². The first kappa shape index (κ1) is 27.6. The number of carboxylic acids is 1. The first-order chi connectivity index (χ1) is 17.5. The molecule has 1 aliphatic heterocycles. The number of nitrogens with one attached hydrogen (secondary N) is 1. The summed E-state index contributed by atoms with van der Waals surface area (Å²) in [5, 5.41) is 11.3. The van der Waals surface area contributed by atoms with E-state index in [0.29, 0.717) is 19.6 Å². The van der Waals surface area contributed by atoms with E-state index < -0.39 is 65.7 Å². The van der Waals surface area contributed by atoms with E-state index in [0.717, 1.165) is 5.56 Å². The van der Waals surface area contributed by atoms with Crippen molar-refractivity contribution in [2.24, 2.45) is 0 Å². The van der Waals surface area contributed by atoms with Crippen molar-refractivity contribution in [2.45, 2.75) is 19.0 Å². The highest BCUT2D eigenvalue weighted by atomic mass is 19.2. The lowest BCUT2D eigenvalue weighted by molar-refractivity contribution is -0.140. The van der Waals surface area contributed by atoms with Gasteiger partial charge in [0, 0.05) is 25.7 Å². The monoisotopic (exact) mass is 525 g/mol. The van der Waals surface area contributed by atoms with Crippen LogP contribution in [0.25, 0.3) is 0 Å². The van der Waals surface area contributed by atoms with E-state index in [4.69, 9.17) is 5.11 Å². The van der Waals surface area contributed by atoms with Gasteiger partial charge in [0.2, 0.25) is 23.4 Å². The van der Waals surface area contributed by atoms with E-state index in [1.54, 1.807) is 4.90 Å². The Morgan fingerprint density at radius 2 is 1.68 bits per heavy atom. The smallest absolute Gasteiger partial charge is 0.305 e. The fourth-order valence-electron chi connectivity index (χ4n) is 3.65. The number of amides is 2. The number of hydrogen-bond acceptors (Lipinski definition) is 6. The molecule has 1 atom stereocenters. The van der Waals surface area contributed by atoms with E-state index in [9.17, 15) is 36.7 Å². The summed E-state index contributed by atoms with van der Waals surface area (Å²) in [6.07, 6.45) is -0.889. The molecule has 2 aromatic carbocycles. The molecule has 1 aliphatic rings. The minimum absolute atomic E-state index is 0.0426. The lowest BCUT2D eigenvalue weighted by Crippen LogP contribution is -2.54. The summed E-state index contributed by atoms with van der Waals surface area (Å²) in [6.45, 7) is -0.487. The molecule has 0 saturated carbocycles. The number of hydrogen-bond donors (Lipinski definition) is 2. The number of ketones is 1. The van der Waals surface area contributed by atoms with Crippen molar-refractivity contribution in [1.82, 2.24) is 15.1 Å². The molecular weight excluding hydrogens is 502 g/mol. The number of ether oxygens (including phenoxy) is 1. The Morgan fingerprint density at radius 3 is 2.27 bits per heavy atom. The van der Waals surface area contributed by atoms with Gasteiger partial charge in [-0.25, -0.2) is 8.78 Å². The highest BCUT2D eigenvalue weighted by molar-refractivity contribution is 5.93. The van der Waals surface area contributed by atoms with Gasteiger partial charge in [0.15, 0.2) is 23.2 Å². The predicted octanol–water partition coefficient (Wildman–Crippen LogP) is 1.49. The Bertz CT molecular complexity index is 1150. The van der Waals surface area contributed by atoms with Gasteiger partial charge in [0.05, 0.1) is 19.5 Å². The Kier molecular flexibility index (Phi) is 9.17. The fourth-order valence-corrected chi connectivity index (χ4v) is 3.65. The molecule has 9 nitrogen and oxygen atoms in total. The van der Waals surface area contributed by atoms with Crippen molar-refractivity contribution >= 4 is 23.6 Å². The van der Waals surface area contributed by atoms with Gasteiger partial charge >= 0.3 is 5.97 Å². The summed E-state index contributed by atoms with van der Waals surface area (Å²) in [5.74, 6) is -12.3. The number of aliphatic carboxylic acids is 1. The third kappa shape index (κ3) is 7.49. The molecule has 1 heterocycles. The van der Waals surface area contributed by atoms with Crippen molar-refractivity contribution in [3.05, 3.63) is 65.2 Å². The van der Waals surface area contributed by atoms with Crippen molar-refractivity contribution in [2.75, 3.05) is 32.8 Å². The molecule has 0 aromatic heterocycles. The average Bonchev–Trinajstić information content (AvgIpc) is 2.84. The third-order valence-corrected chi connectivity index (χ3v) is 5.51. The number of carbonyl (C=O) groups excluding carboxylic acids is 3. The maximum atomic E-state index is 13.7. The molecule has 2 amide bonds. The topological polar surface area (TPSA) is 116 Å². The molecule has 0 aliphatic carbocycles. The molecule has 0 radical (unpaired) electrons. The van der Waals surface area contributed by atoms with Gasteiger partial charge in [-0.2, -0.15) is 8.78 Å². The summed E-state index contributed by atoms with van der Waals surface area (Å²) in [5.41, 5.74) is 0.944. The van der Waals surface area contributed by atoms with Crippen molar-refractivity contribution in [3.63, 3.8) is 0 Å². The molecule has 0 spiro atoms. The second kappa shape index (κ2) is 12.3. The molecule has 13 heteroatoms. The molecular formula is C24H23F4N3O6. The number of carbonyl (C=O) groups is 4. The summed E-state index contributed by atoms with van der Waals surface area (Å²) in [7, 11) is 0. The van der Waals surface area contributed by atoms with Crippen LogP contribution in [-0.4, -0.2) is 77.3 Å². The number of nitrogens with zero attached hydrogens (tertiary/aromatic N) is 2. The summed E-state index contributed by atoms with van der Waals surface area (Å²) in [6, 6.07) is 7.61. The number of benzene rings is 2.